The number of nitrogens with zero attached hydrogens (tertiary/aromatic N) is 2. The zero-order valence-electron chi connectivity index (χ0n) is 39.6. The molecule has 13 rings (SSSR count). The van der Waals surface area contributed by atoms with Gasteiger partial charge in [-0.3, -0.25) is 4.90 Å². The van der Waals surface area contributed by atoms with Gasteiger partial charge in [-0.1, -0.05) is 237 Å². The molecular formula is C69H50N2. The second-order valence-corrected chi connectivity index (χ2v) is 19.0. The number of fused-ring (bicyclic) bond motifs is 7. The molecule has 1 aliphatic heterocycles. The molecule has 0 fully saturated rings. The Balaban J connectivity index is 1.10. The van der Waals surface area contributed by atoms with E-state index in [1.54, 1.807) is 0 Å². The van der Waals surface area contributed by atoms with Gasteiger partial charge in [0.1, 0.15) is 5.84 Å². The topological polar surface area (TPSA) is 15.6 Å². The van der Waals surface area contributed by atoms with E-state index in [4.69, 9.17) is 4.99 Å². The van der Waals surface area contributed by atoms with Crippen LogP contribution in [-0.4, -0.2) is 5.84 Å². The van der Waals surface area contributed by atoms with Crippen molar-refractivity contribution in [3.05, 3.63) is 311 Å². The molecule has 0 amide bonds. The van der Waals surface area contributed by atoms with Crippen LogP contribution < -0.4 is 4.90 Å². The molecule has 0 spiro atoms. The standard InChI is InChI=1S/C69H50N2/c1-47-20-8-12-28-56(47)61-46-55(40-38-53(61)45-48-36-37-49-21-9-10-25-52(49)44-48)71(67-43-41-57(50-22-4-2-5-23-50)59-30-15-18-34-65(59)70-67)66-35-19-17-33-63(66)69(54-26-6-3-7-27-54)62-32-16-14-31-60(62)68-58-29-13-11-24-51(58)39-42-64(68)69/h2-42,44,46H,43,45H2,1H3. The summed E-state index contributed by atoms with van der Waals surface area (Å²) < 4.78 is 0. The van der Waals surface area contributed by atoms with Gasteiger partial charge in [-0.2, -0.15) is 0 Å². The number of amidine groups is 1. The number of hydrogen-bond acceptors (Lipinski definition) is 2. The van der Waals surface area contributed by atoms with Gasteiger partial charge in [0.15, 0.2) is 0 Å². The predicted molar refractivity (Wildman–Crippen MR) is 298 cm³/mol. The number of aliphatic imine (C=N–C) groups is 1. The van der Waals surface area contributed by atoms with Crippen molar-refractivity contribution in [3.63, 3.8) is 0 Å². The minimum absolute atomic E-state index is 0.599. The average Bonchev–Trinajstić information content (AvgIpc) is 3.62. The third-order valence-corrected chi connectivity index (χ3v) is 15.0. The zero-order chi connectivity index (χ0) is 47.3. The quantitative estimate of drug-likeness (QED) is 0.148. The molecule has 0 saturated heterocycles. The predicted octanol–water partition coefficient (Wildman–Crippen LogP) is 17.6. The molecule has 2 heteroatoms. The first-order chi connectivity index (χ1) is 35.1. The fourth-order valence-electron chi connectivity index (χ4n) is 11.8. The Morgan fingerprint density at radius 1 is 0.465 bits per heavy atom. The van der Waals surface area contributed by atoms with Crippen molar-refractivity contribution < 1.29 is 0 Å². The van der Waals surface area contributed by atoms with Crippen LogP contribution in [0.4, 0.5) is 17.1 Å². The molecule has 0 N–H and O–H groups in total. The second kappa shape index (κ2) is 17.6. The molecule has 0 aromatic heterocycles. The van der Waals surface area contributed by atoms with E-state index in [2.05, 4.69) is 273 Å². The number of para-hydroxylation sites is 2. The SMILES string of the molecule is Cc1ccccc1-c1cc(N(C2=Nc3ccccc3C(c3ccccc3)=CC2)c2ccccc2C2(c3ccccc3)c3ccccc3-c3c2ccc2ccccc32)ccc1Cc1ccc2ccccc2c1. The van der Waals surface area contributed by atoms with Gasteiger partial charge in [-0.25, -0.2) is 4.99 Å². The van der Waals surface area contributed by atoms with Crippen LogP contribution in [0.15, 0.2) is 266 Å². The normalized spacial score (nSPS) is 14.8. The third-order valence-electron chi connectivity index (χ3n) is 15.0. The molecule has 0 radical (unpaired) electrons. The Labute approximate surface area is 416 Å². The number of benzene rings is 11. The van der Waals surface area contributed by atoms with E-state index in [-0.39, 0.29) is 0 Å². The monoisotopic (exact) mass is 906 g/mol. The molecule has 1 unspecified atom stereocenters. The minimum atomic E-state index is -0.685. The highest BCUT2D eigenvalue weighted by molar-refractivity contribution is 6.11. The van der Waals surface area contributed by atoms with Crippen LogP contribution in [0.2, 0.25) is 0 Å². The number of aryl methyl sites for hydroxylation is 1. The van der Waals surface area contributed by atoms with E-state index in [0.717, 1.165) is 34.9 Å². The molecule has 2 aliphatic rings. The molecule has 1 aliphatic carbocycles. The van der Waals surface area contributed by atoms with Gasteiger partial charge in [-0.05, 0) is 131 Å². The van der Waals surface area contributed by atoms with E-state index in [9.17, 15) is 0 Å². The highest BCUT2D eigenvalue weighted by atomic mass is 15.2. The van der Waals surface area contributed by atoms with Crippen molar-refractivity contribution in [2.75, 3.05) is 4.90 Å². The van der Waals surface area contributed by atoms with E-state index >= 15 is 0 Å². The number of anilines is 2. The van der Waals surface area contributed by atoms with E-state index in [0.29, 0.717) is 6.42 Å². The number of rotatable bonds is 8. The summed E-state index contributed by atoms with van der Waals surface area (Å²) >= 11 is 0. The third kappa shape index (κ3) is 7.14. The van der Waals surface area contributed by atoms with Crippen LogP contribution in [0, 0.1) is 6.92 Å². The molecule has 0 saturated carbocycles. The van der Waals surface area contributed by atoms with Crippen LogP contribution in [0.1, 0.15) is 56.5 Å². The summed E-state index contributed by atoms with van der Waals surface area (Å²) in [5.41, 5.74) is 19.7. The lowest BCUT2D eigenvalue weighted by molar-refractivity contribution is 0.769. The Morgan fingerprint density at radius 3 is 1.94 bits per heavy atom. The summed E-state index contributed by atoms with van der Waals surface area (Å²) in [6.07, 6.45) is 3.79. The highest BCUT2D eigenvalue weighted by Gasteiger charge is 2.48. The van der Waals surface area contributed by atoms with Crippen molar-refractivity contribution in [2.24, 2.45) is 4.99 Å². The van der Waals surface area contributed by atoms with Crippen molar-refractivity contribution in [2.45, 2.75) is 25.2 Å². The number of hydrogen-bond donors (Lipinski definition) is 0. The van der Waals surface area contributed by atoms with Crippen LogP contribution in [0.25, 0.3) is 49.4 Å². The molecule has 2 nitrogen and oxygen atoms in total. The summed E-state index contributed by atoms with van der Waals surface area (Å²) in [4.78, 5) is 8.28. The first-order valence-electron chi connectivity index (χ1n) is 24.8. The Kier molecular flexibility index (Phi) is 10.5. The first-order valence-corrected chi connectivity index (χ1v) is 24.8. The molecule has 1 atom stereocenters. The van der Waals surface area contributed by atoms with E-state index < -0.39 is 5.41 Å². The van der Waals surface area contributed by atoms with Crippen LogP contribution in [0.3, 0.4) is 0 Å². The largest absolute Gasteiger partial charge is 0.298 e. The molecule has 336 valence electrons. The summed E-state index contributed by atoms with van der Waals surface area (Å²) in [6.45, 7) is 2.24. The molecule has 0 bridgehead atoms. The van der Waals surface area contributed by atoms with Gasteiger partial charge in [0.05, 0.1) is 16.8 Å². The fourth-order valence-corrected chi connectivity index (χ4v) is 11.8. The van der Waals surface area contributed by atoms with Gasteiger partial charge >= 0.3 is 0 Å². The van der Waals surface area contributed by atoms with Gasteiger partial charge in [-0.15, -0.1) is 0 Å². The Hall–Kier alpha value is -8.85. The van der Waals surface area contributed by atoms with Crippen LogP contribution >= 0.6 is 0 Å². The van der Waals surface area contributed by atoms with Crippen molar-refractivity contribution in [1.29, 1.82) is 0 Å². The fraction of sp³-hybridized carbons (Fsp3) is 0.0580. The van der Waals surface area contributed by atoms with Crippen LogP contribution in [0.5, 0.6) is 0 Å². The average molecular weight is 907 g/mol. The maximum absolute atomic E-state index is 5.79. The lowest BCUT2D eigenvalue weighted by atomic mass is 9.67. The maximum atomic E-state index is 5.79. The summed E-state index contributed by atoms with van der Waals surface area (Å²) in [6, 6.07) is 94.0. The maximum Gasteiger partial charge on any atom is 0.118 e. The summed E-state index contributed by atoms with van der Waals surface area (Å²) in [5.74, 6) is 0.946. The van der Waals surface area contributed by atoms with Crippen molar-refractivity contribution in [1.82, 2.24) is 0 Å². The van der Waals surface area contributed by atoms with Gasteiger partial charge in [0.25, 0.3) is 0 Å². The smallest absolute Gasteiger partial charge is 0.118 e. The first kappa shape index (κ1) is 42.3. The molecule has 11 aromatic carbocycles. The molecule has 71 heavy (non-hydrogen) atoms. The van der Waals surface area contributed by atoms with Crippen molar-refractivity contribution >= 4 is 50.0 Å². The molecule has 1 heterocycles. The molecule has 11 aromatic rings. The Morgan fingerprint density at radius 2 is 1.11 bits per heavy atom. The van der Waals surface area contributed by atoms with E-state index in [1.165, 1.54) is 93.9 Å². The van der Waals surface area contributed by atoms with Crippen molar-refractivity contribution in [3.8, 4) is 22.3 Å². The second-order valence-electron chi connectivity index (χ2n) is 19.0. The summed E-state index contributed by atoms with van der Waals surface area (Å²) in [7, 11) is 0. The van der Waals surface area contributed by atoms with Gasteiger partial charge < -0.3 is 0 Å². The van der Waals surface area contributed by atoms with Gasteiger partial charge in [0, 0.05) is 17.7 Å². The molecular weight excluding hydrogens is 857 g/mol. The Bertz CT molecular complexity index is 3900. The van der Waals surface area contributed by atoms with E-state index in [1.807, 2.05) is 0 Å². The lowest BCUT2D eigenvalue weighted by Gasteiger charge is -2.38. The summed E-state index contributed by atoms with van der Waals surface area (Å²) in [5, 5.41) is 5.01. The van der Waals surface area contributed by atoms with Gasteiger partial charge in [0.2, 0.25) is 0 Å². The minimum Gasteiger partial charge on any atom is -0.298 e. The van der Waals surface area contributed by atoms with Crippen LogP contribution in [-0.2, 0) is 11.8 Å². The highest BCUT2D eigenvalue weighted by Crippen LogP contribution is 2.60. The zero-order valence-corrected chi connectivity index (χ0v) is 39.6. The lowest BCUT2D eigenvalue weighted by Crippen LogP contribution is -2.33.